The molecule has 0 amide bonds. The molecular weight excluding hydrogens is 1620 g/mol. The molecule has 2 N–H and O–H groups in total. The molecular formula is C113H200N5S6. The molecule has 11 heteroatoms. The Morgan fingerprint density at radius 1 is 0.210 bits per heavy atom. The lowest BCUT2D eigenvalue weighted by Crippen LogP contribution is -2.06. The smallest absolute Gasteiger partial charge is 0.232 e. The highest BCUT2D eigenvalue weighted by Crippen LogP contribution is 2.45. The van der Waals surface area contributed by atoms with Gasteiger partial charge >= 0.3 is 0 Å². The number of rotatable bonds is 96. The van der Waals surface area contributed by atoms with Crippen molar-refractivity contribution >= 4 is 93.8 Å². The van der Waals surface area contributed by atoms with E-state index in [4.69, 9.17) is 15.0 Å². The second kappa shape index (κ2) is 88.0. The first-order valence-corrected chi connectivity index (χ1v) is 60.7. The number of anilines is 4. The number of hydrogen-bond donors (Lipinski definition) is 2. The molecule has 0 spiro atoms. The Bertz CT molecular complexity index is 2670. The molecule has 0 bridgehead atoms. The molecule has 4 rings (SSSR count). The van der Waals surface area contributed by atoms with Crippen LogP contribution in [0.3, 0.4) is 0 Å². The number of benzene rings is 3. The summed E-state index contributed by atoms with van der Waals surface area (Å²) >= 11 is 12.8. The van der Waals surface area contributed by atoms with E-state index in [1.807, 2.05) is 0 Å². The third kappa shape index (κ3) is 65.1. The van der Waals surface area contributed by atoms with Gasteiger partial charge in [0.1, 0.15) is 0 Å². The summed E-state index contributed by atoms with van der Waals surface area (Å²) in [5.74, 6) is 8.86. The maximum Gasteiger partial charge on any atom is 0.232 e. The Hall–Kier alpha value is -1.63. The van der Waals surface area contributed by atoms with E-state index in [-0.39, 0.29) is 0 Å². The molecule has 0 fully saturated rings. The number of hydrogen-bond acceptors (Lipinski definition) is 11. The Morgan fingerprint density at radius 2 is 0.379 bits per heavy atom. The number of nitrogens with zero attached hydrogens (tertiary/aromatic N) is 3. The van der Waals surface area contributed by atoms with E-state index in [1.165, 1.54) is 547 Å². The van der Waals surface area contributed by atoms with Crippen molar-refractivity contribution in [2.45, 2.75) is 578 Å². The van der Waals surface area contributed by atoms with Gasteiger partial charge in [-0.1, -0.05) is 528 Å². The largest absolute Gasteiger partial charge is 0.324 e. The number of nitrogens with one attached hydrogen (secondary N) is 2. The number of aromatic nitrogens is 3. The minimum atomic E-state index is 0.597. The van der Waals surface area contributed by atoms with Gasteiger partial charge in [0.05, 0.1) is 0 Å². The van der Waals surface area contributed by atoms with Crippen LogP contribution < -0.4 is 10.6 Å². The molecule has 5 nitrogen and oxygen atoms in total. The summed E-state index contributed by atoms with van der Waals surface area (Å²) in [7, 11) is 0. The molecule has 1 aromatic heterocycles. The van der Waals surface area contributed by atoms with Gasteiger partial charge in [-0.15, -0.1) is 70.6 Å². The zero-order chi connectivity index (χ0) is 88.0. The van der Waals surface area contributed by atoms with E-state index >= 15 is 0 Å². The third-order valence-electron chi connectivity index (χ3n) is 25.7. The first kappa shape index (κ1) is 115. The van der Waals surface area contributed by atoms with E-state index in [1.54, 1.807) is 0 Å². The van der Waals surface area contributed by atoms with Crippen molar-refractivity contribution < 1.29 is 0 Å². The second-order valence-corrected chi connectivity index (χ2v) is 44.4. The van der Waals surface area contributed by atoms with Crippen LogP contribution in [-0.4, -0.2) is 49.5 Å². The van der Waals surface area contributed by atoms with Crippen molar-refractivity contribution in [3.8, 4) is 11.4 Å². The second-order valence-electron chi connectivity index (χ2n) is 37.7. The molecule has 1 radical (unpaired) electrons. The van der Waals surface area contributed by atoms with Crippen molar-refractivity contribution in [3.05, 3.63) is 61.0 Å². The van der Waals surface area contributed by atoms with Gasteiger partial charge in [0.25, 0.3) is 0 Å². The predicted octanol–water partition coefficient (Wildman–Crippen LogP) is 42.5. The highest BCUT2D eigenvalue weighted by molar-refractivity contribution is 8.04. The van der Waals surface area contributed by atoms with E-state index in [9.17, 15) is 0 Å². The quantitative estimate of drug-likeness (QED) is 0.0328. The van der Waals surface area contributed by atoms with E-state index < -0.39 is 0 Å². The summed E-state index contributed by atoms with van der Waals surface area (Å²) in [5, 5.41) is 7.93. The highest BCUT2D eigenvalue weighted by atomic mass is 32.2. The normalized spacial score (nSPS) is 11.7. The van der Waals surface area contributed by atoms with E-state index in [0.29, 0.717) is 17.7 Å². The van der Waals surface area contributed by atoms with Crippen LogP contribution in [0, 0.1) is 6.92 Å². The van der Waals surface area contributed by atoms with Crippen LogP contribution >= 0.6 is 70.6 Å². The van der Waals surface area contributed by atoms with Crippen LogP contribution in [0.15, 0.2) is 77.9 Å². The van der Waals surface area contributed by atoms with Crippen LogP contribution in [0.5, 0.6) is 0 Å². The number of thioether (sulfide) groups is 6. The minimum absolute atomic E-state index is 0.597. The molecule has 713 valence electrons. The SMILES string of the molecule is [CH2]Cc1ccc(-c2nc(Nc3cc(SCCCCCCCCCCCCCCC)c(SCCCCCCCCCCCCCCC)c(SCCCCCCCCCCCCCCC)c3)nc(Nc3cc(SCCCCCCCCCCCCCCC)c(SCCCCCCCCCCCCCCC)c(SCCCCCCCCCCCCCCC)c3)n2)cc1. The van der Waals surface area contributed by atoms with Crippen LogP contribution in [0.2, 0.25) is 0 Å². The van der Waals surface area contributed by atoms with Crippen molar-refractivity contribution in [1.82, 2.24) is 15.0 Å². The monoisotopic (exact) mass is 1820 g/mol. The summed E-state index contributed by atoms with van der Waals surface area (Å²) in [4.78, 5) is 25.1. The molecule has 0 unspecified atom stereocenters. The molecule has 3 aromatic carbocycles. The Balaban J connectivity index is 1.71. The first-order valence-electron chi connectivity index (χ1n) is 54.8. The molecule has 0 atom stereocenters. The van der Waals surface area contributed by atoms with Gasteiger partial charge in [0.2, 0.25) is 11.9 Å². The topological polar surface area (TPSA) is 62.7 Å². The van der Waals surface area contributed by atoms with Gasteiger partial charge in [-0.05, 0) is 116 Å². The maximum absolute atomic E-state index is 5.46. The molecule has 1 heterocycles. The fourth-order valence-electron chi connectivity index (χ4n) is 17.5. The molecule has 124 heavy (non-hydrogen) atoms. The van der Waals surface area contributed by atoms with E-state index in [0.717, 1.165) is 46.4 Å². The van der Waals surface area contributed by atoms with Gasteiger partial charge in [-0.3, -0.25) is 0 Å². The molecule has 0 saturated heterocycles. The van der Waals surface area contributed by atoms with Crippen molar-refractivity contribution in [3.63, 3.8) is 0 Å². The Morgan fingerprint density at radius 3 is 0.556 bits per heavy atom. The maximum atomic E-state index is 5.46. The molecule has 4 aromatic rings. The lowest BCUT2D eigenvalue weighted by Gasteiger charge is -2.19. The molecule has 0 aliphatic heterocycles. The fraction of sp³-hybridized carbons (Fsp3) is 0.805. The van der Waals surface area contributed by atoms with Gasteiger partial charge in [0.15, 0.2) is 5.82 Å². The predicted molar refractivity (Wildman–Crippen MR) is 572 cm³/mol. The van der Waals surface area contributed by atoms with Crippen molar-refractivity contribution in [2.75, 3.05) is 45.2 Å². The molecule has 0 saturated carbocycles. The molecule has 0 aliphatic rings. The van der Waals surface area contributed by atoms with Gasteiger partial charge in [-0.2, -0.15) is 15.0 Å². The van der Waals surface area contributed by atoms with Crippen molar-refractivity contribution in [1.29, 1.82) is 0 Å². The van der Waals surface area contributed by atoms with Crippen LogP contribution in [0.25, 0.3) is 11.4 Å². The van der Waals surface area contributed by atoms with Crippen molar-refractivity contribution in [2.24, 2.45) is 0 Å². The lowest BCUT2D eigenvalue weighted by molar-refractivity contribution is 0.543. The zero-order valence-corrected chi connectivity index (χ0v) is 87.6. The summed E-state index contributed by atoms with van der Waals surface area (Å²) in [5.41, 5.74) is 4.39. The average molecular weight is 1820 g/mol. The zero-order valence-electron chi connectivity index (χ0n) is 82.7. The van der Waals surface area contributed by atoms with Gasteiger partial charge in [0, 0.05) is 46.3 Å². The van der Waals surface area contributed by atoms with E-state index in [2.05, 4.69) is 178 Å². The standard InChI is InChI=1S/C113H200N5S6/c1-8-15-21-27-33-39-45-51-57-63-69-75-81-91-119-105-97-103(98-106(120-92-82-76-70-64-58-52-46-40-34-28-22-16-9-2)109(105)123-95-85-79-73-67-61-55-49-43-37-31-25-19-12-5)114-112-116-111(102-89-87-101(14-7)88-90-102)117-113(118-112)115-104-99-107(121-93-83-77-71-65-59-53-47-41-35-29-23-17-10-3)110(124-96-86-80-74-68-62-56-50-44-38-32-26-20-13-6)108(100-104)122-94-84-78-72-66-60-54-48-42-36-30-24-18-11-4/h87-90,97-100H,7-86,91-96H2,1-6H3,(H2,114,115,116,117,118). The highest BCUT2D eigenvalue weighted by Gasteiger charge is 2.20. The summed E-state index contributed by atoms with van der Waals surface area (Å²) in [6, 6.07) is 18.8. The lowest BCUT2D eigenvalue weighted by atomic mass is 10.1. The Labute approximate surface area is 798 Å². The Kier molecular flexibility index (Phi) is 81.4. The van der Waals surface area contributed by atoms with Crippen LogP contribution in [-0.2, 0) is 6.42 Å². The first-order chi connectivity index (χ1) is 61.5. The van der Waals surface area contributed by atoms with Crippen LogP contribution in [0.1, 0.15) is 548 Å². The minimum Gasteiger partial charge on any atom is -0.324 e. The van der Waals surface area contributed by atoms with Gasteiger partial charge < -0.3 is 10.6 Å². The summed E-state index contributed by atoms with van der Waals surface area (Å²) < 4.78 is 0. The third-order valence-corrected chi connectivity index (χ3v) is 33.2. The number of unbranched alkanes of at least 4 members (excludes halogenated alkanes) is 72. The fourth-order valence-corrected chi connectivity index (χ4v) is 25.0. The summed E-state index contributed by atoms with van der Waals surface area (Å²) in [6.07, 6.45) is 109. The van der Waals surface area contributed by atoms with Crippen LogP contribution in [0.4, 0.5) is 23.3 Å². The van der Waals surface area contributed by atoms with Gasteiger partial charge in [-0.25, -0.2) is 0 Å². The summed E-state index contributed by atoms with van der Waals surface area (Å²) in [6.45, 7) is 18.2. The molecule has 0 aliphatic carbocycles. The average Bonchev–Trinajstić information content (AvgIpc) is 0.799.